The first-order valence-electron chi connectivity index (χ1n) is 7.55. The third kappa shape index (κ3) is 2.21. The van der Waals surface area contributed by atoms with Crippen LogP contribution >= 0.6 is 0 Å². The van der Waals surface area contributed by atoms with Crippen LogP contribution in [0.5, 0.6) is 0 Å². The molecular formula is C15H27NO2. The molecule has 2 heterocycles. The molecule has 18 heavy (non-hydrogen) atoms. The van der Waals surface area contributed by atoms with E-state index in [2.05, 4.69) is 19.3 Å². The van der Waals surface area contributed by atoms with Gasteiger partial charge in [0.1, 0.15) is 0 Å². The van der Waals surface area contributed by atoms with Gasteiger partial charge >= 0.3 is 0 Å². The van der Waals surface area contributed by atoms with Crippen molar-refractivity contribution in [3.63, 3.8) is 0 Å². The van der Waals surface area contributed by atoms with E-state index in [0.29, 0.717) is 5.41 Å². The first kappa shape index (κ1) is 12.9. The van der Waals surface area contributed by atoms with Gasteiger partial charge in [-0.15, -0.1) is 0 Å². The summed E-state index contributed by atoms with van der Waals surface area (Å²) in [5.41, 5.74) is 0.594. The highest BCUT2D eigenvalue weighted by atomic mass is 16.6. The Balaban J connectivity index is 1.68. The maximum atomic E-state index is 6.07. The number of rotatable bonds is 2. The SMILES string of the molecule is CNC1CCC(C)(C2CCOC3(CCOC3)C2)C1. The number of nitrogens with one attached hydrogen (secondary N) is 1. The monoisotopic (exact) mass is 253 g/mol. The quantitative estimate of drug-likeness (QED) is 0.819. The molecule has 1 N–H and O–H groups in total. The lowest BCUT2D eigenvalue weighted by Crippen LogP contribution is -2.44. The van der Waals surface area contributed by atoms with Gasteiger partial charge in [0.2, 0.25) is 0 Å². The van der Waals surface area contributed by atoms with Crippen LogP contribution in [0.4, 0.5) is 0 Å². The number of ether oxygens (including phenoxy) is 2. The number of hydrogen-bond donors (Lipinski definition) is 1. The normalized spacial score (nSPS) is 49.0. The molecule has 0 aromatic carbocycles. The highest BCUT2D eigenvalue weighted by Gasteiger charge is 2.48. The Morgan fingerprint density at radius 2 is 2.00 bits per heavy atom. The Bertz CT molecular complexity index is 301. The molecule has 1 saturated carbocycles. The lowest BCUT2D eigenvalue weighted by molar-refractivity contribution is -0.117. The lowest BCUT2D eigenvalue weighted by Gasteiger charge is -2.44. The fraction of sp³-hybridized carbons (Fsp3) is 1.00. The fourth-order valence-electron chi connectivity index (χ4n) is 4.37. The van der Waals surface area contributed by atoms with Gasteiger partial charge in [-0.3, -0.25) is 0 Å². The van der Waals surface area contributed by atoms with E-state index in [1.807, 2.05) is 0 Å². The third-order valence-corrected chi connectivity index (χ3v) is 5.73. The molecule has 104 valence electrons. The van der Waals surface area contributed by atoms with Gasteiger partial charge in [-0.25, -0.2) is 0 Å². The second-order valence-electron chi connectivity index (χ2n) is 6.91. The number of hydrogen-bond acceptors (Lipinski definition) is 3. The third-order valence-electron chi connectivity index (χ3n) is 5.73. The first-order valence-corrected chi connectivity index (χ1v) is 7.55. The lowest BCUT2D eigenvalue weighted by atomic mass is 9.68. The van der Waals surface area contributed by atoms with Crippen LogP contribution in [-0.4, -0.2) is 38.5 Å². The van der Waals surface area contributed by atoms with Crippen LogP contribution in [0.1, 0.15) is 45.4 Å². The molecule has 1 spiro atoms. The molecule has 2 saturated heterocycles. The highest BCUT2D eigenvalue weighted by Crippen LogP contribution is 2.51. The smallest absolute Gasteiger partial charge is 0.0939 e. The molecule has 0 aromatic heterocycles. The van der Waals surface area contributed by atoms with Gasteiger partial charge in [0.05, 0.1) is 12.2 Å². The summed E-state index contributed by atoms with van der Waals surface area (Å²) in [6.45, 7) is 5.16. The van der Waals surface area contributed by atoms with Gasteiger partial charge in [-0.1, -0.05) is 6.92 Å². The predicted molar refractivity (Wildman–Crippen MR) is 71.6 cm³/mol. The maximum absolute atomic E-state index is 6.07. The summed E-state index contributed by atoms with van der Waals surface area (Å²) in [6, 6.07) is 0.730. The van der Waals surface area contributed by atoms with Gasteiger partial charge in [-0.2, -0.15) is 0 Å². The van der Waals surface area contributed by atoms with Gasteiger partial charge in [0.15, 0.2) is 0 Å². The summed E-state index contributed by atoms with van der Waals surface area (Å²) in [7, 11) is 2.10. The summed E-state index contributed by atoms with van der Waals surface area (Å²) in [4.78, 5) is 0. The van der Waals surface area contributed by atoms with Crippen molar-refractivity contribution in [1.29, 1.82) is 0 Å². The molecule has 0 amide bonds. The van der Waals surface area contributed by atoms with Crippen molar-refractivity contribution in [2.24, 2.45) is 11.3 Å². The minimum Gasteiger partial charge on any atom is -0.378 e. The van der Waals surface area contributed by atoms with Crippen LogP contribution in [0.15, 0.2) is 0 Å². The van der Waals surface area contributed by atoms with Crippen LogP contribution in [0.25, 0.3) is 0 Å². The zero-order chi connectivity index (χ0) is 12.6. The Morgan fingerprint density at radius 3 is 2.67 bits per heavy atom. The Kier molecular flexibility index (Phi) is 3.41. The molecule has 3 aliphatic rings. The molecular weight excluding hydrogens is 226 g/mol. The maximum Gasteiger partial charge on any atom is 0.0939 e. The van der Waals surface area contributed by atoms with Gasteiger partial charge in [0.25, 0.3) is 0 Å². The van der Waals surface area contributed by atoms with E-state index in [9.17, 15) is 0 Å². The fourth-order valence-corrected chi connectivity index (χ4v) is 4.37. The highest BCUT2D eigenvalue weighted by molar-refractivity contribution is 4.99. The van der Waals surface area contributed by atoms with E-state index in [0.717, 1.165) is 38.2 Å². The Morgan fingerprint density at radius 1 is 1.11 bits per heavy atom. The van der Waals surface area contributed by atoms with Crippen molar-refractivity contribution in [1.82, 2.24) is 5.32 Å². The molecule has 2 aliphatic heterocycles. The molecule has 3 heteroatoms. The standard InChI is InChI=1S/C15H27NO2/c1-14(5-3-13(10-14)16-2)12-4-7-18-15(9-12)6-8-17-11-15/h12-13,16H,3-11H2,1-2H3. The van der Waals surface area contributed by atoms with Crippen molar-refractivity contribution < 1.29 is 9.47 Å². The topological polar surface area (TPSA) is 30.5 Å². The first-order chi connectivity index (χ1) is 8.66. The predicted octanol–water partition coefficient (Wildman–Crippen LogP) is 2.35. The molecule has 1 aliphatic carbocycles. The minimum atomic E-state index is 0.0731. The van der Waals surface area contributed by atoms with E-state index < -0.39 is 0 Å². The molecule has 4 atom stereocenters. The van der Waals surface area contributed by atoms with Crippen molar-refractivity contribution in [2.75, 3.05) is 26.9 Å². The summed E-state index contributed by atoms with van der Waals surface area (Å²) in [6.07, 6.45) is 7.63. The van der Waals surface area contributed by atoms with Crippen LogP contribution in [0.3, 0.4) is 0 Å². The largest absolute Gasteiger partial charge is 0.378 e. The van der Waals surface area contributed by atoms with Crippen molar-refractivity contribution in [3.8, 4) is 0 Å². The van der Waals surface area contributed by atoms with E-state index in [-0.39, 0.29) is 5.60 Å². The Hall–Kier alpha value is -0.120. The summed E-state index contributed by atoms with van der Waals surface area (Å²) in [5, 5.41) is 3.46. The second-order valence-corrected chi connectivity index (χ2v) is 6.91. The summed E-state index contributed by atoms with van der Waals surface area (Å²) < 4.78 is 11.7. The van der Waals surface area contributed by atoms with Gasteiger partial charge in [0, 0.05) is 25.7 Å². The van der Waals surface area contributed by atoms with Crippen molar-refractivity contribution >= 4 is 0 Å². The summed E-state index contributed by atoms with van der Waals surface area (Å²) >= 11 is 0. The van der Waals surface area contributed by atoms with Gasteiger partial charge < -0.3 is 14.8 Å². The van der Waals surface area contributed by atoms with Gasteiger partial charge in [-0.05, 0) is 50.5 Å². The molecule has 4 unspecified atom stereocenters. The van der Waals surface area contributed by atoms with E-state index in [1.54, 1.807) is 0 Å². The van der Waals surface area contributed by atoms with E-state index >= 15 is 0 Å². The summed E-state index contributed by atoms with van der Waals surface area (Å²) in [5.74, 6) is 0.825. The van der Waals surface area contributed by atoms with Crippen LogP contribution in [-0.2, 0) is 9.47 Å². The van der Waals surface area contributed by atoms with E-state index in [4.69, 9.17) is 9.47 Å². The van der Waals surface area contributed by atoms with Crippen LogP contribution in [0, 0.1) is 11.3 Å². The minimum absolute atomic E-state index is 0.0731. The van der Waals surface area contributed by atoms with E-state index in [1.165, 1.54) is 32.1 Å². The average molecular weight is 253 g/mol. The molecule has 3 fully saturated rings. The van der Waals surface area contributed by atoms with Crippen LogP contribution in [0.2, 0.25) is 0 Å². The molecule has 3 nitrogen and oxygen atoms in total. The van der Waals surface area contributed by atoms with Crippen LogP contribution < -0.4 is 5.32 Å². The molecule has 0 aromatic rings. The zero-order valence-corrected chi connectivity index (χ0v) is 11.8. The second kappa shape index (κ2) is 4.77. The Labute approximate surface area is 111 Å². The molecule has 3 rings (SSSR count). The molecule has 0 radical (unpaired) electrons. The van der Waals surface area contributed by atoms with Crippen molar-refractivity contribution in [2.45, 2.75) is 57.1 Å². The van der Waals surface area contributed by atoms with Crippen molar-refractivity contribution in [3.05, 3.63) is 0 Å². The zero-order valence-electron chi connectivity index (χ0n) is 11.8. The average Bonchev–Trinajstić information content (AvgIpc) is 2.98. The molecule has 0 bridgehead atoms.